The van der Waals surface area contributed by atoms with Crippen LogP contribution in [0.5, 0.6) is 0 Å². The summed E-state index contributed by atoms with van der Waals surface area (Å²) in [4.78, 5) is 25.0. The lowest BCUT2D eigenvalue weighted by Crippen LogP contribution is -2.39. The Morgan fingerprint density at radius 1 is 1.28 bits per heavy atom. The summed E-state index contributed by atoms with van der Waals surface area (Å²) in [5, 5.41) is 29.8. The molecular weight excluding hydrogens is 334 g/mol. The quantitative estimate of drug-likeness (QED) is 0.473. The summed E-state index contributed by atoms with van der Waals surface area (Å²) in [6.45, 7) is 1.67. The van der Waals surface area contributed by atoms with Crippen molar-refractivity contribution in [2.75, 3.05) is 37.8 Å². The minimum absolute atomic E-state index is 0.113. The molecule has 4 rings (SSSR count). The van der Waals surface area contributed by atoms with Gasteiger partial charge in [0.05, 0.1) is 26.1 Å². The van der Waals surface area contributed by atoms with Crippen molar-refractivity contribution in [2.24, 2.45) is 0 Å². The minimum atomic E-state index is -1.30. The molecule has 11 heteroatoms. The van der Waals surface area contributed by atoms with Gasteiger partial charge < -0.3 is 34.7 Å². The van der Waals surface area contributed by atoms with Gasteiger partial charge in [-0.2, -0.15) is 0 Å². The number of fused-ring (bicyclic) bond motifs is 1. The smallest absolute Gasteiger partial charge is 0.278 e. The van der Waals surface area contributed by atoms with Crippen molar-refractivity contribution in [2.45, 2.75) is 24.5 Å². The van der Waals surface area contributed by atoms with Crippen molar-refractivity contribution in [3.05, 3.63) is 16.7 Å². The van der Waals surface area contributed by atoms with Crippen molar-refractivity contribution in [3.8, 4) is 0 Å². The minimum Gasteiger partial charge on any atom is -0.394 e. The number of aliphatic hydroxyl groups excluding tert-OH is 3. The Kier molecular flexibility index (Phi) is 4.17. The fourth-order valence-corrected chi connectivity index (χ4v) is 3.22. The van der Waals surface area contributed by atoms with Crippen LogP contribution in [0.1, 0.15) is 6.23 Å². The number of ether oxygens (including phenoxy) is 2. The predicted molar refractivity (Wildman–Crippen MR) is 84.2 cm³/mol. The number of imidazole rings is 1. The highest BCUT2D eigenvalue weighted by molar-refractivity contribution is 5.73. The number of hydrogen-bond donors (Lipinski definition) is 4. The lowest BCUT2D eigenvalue weighted by Gasteiger charge is -2.30. The molecule has 0 radical (unpaired) electrons. The Labute approximate surface area is 141 Å². The third-order valence-electron chi connectivity index (χ3n) is 4.53. The third kappa shape index (κ3) is 2.60. The first-order chi connectivity index (χ1) is 12.1. The van der Waals surface area contributed by atoms with Crippen LogP contribution in [0, 0.1) is 0 Å². The first kappa shape index (κ1) is 16.4. The second-order valence-electron chi connectivity index (χ2n) is 6.01. The van der Waals surface area contributed by atoms with Crippen LogP contribution in [0.2, 0.25) is 0 Å². The zero-order valence-corrected chi connectivity index (χ0v) is 13.3. The summed E-state index contributed by atoms with van der Waals surface area (Å²) in [7, 11) is 0. The highest BCUT2D eigenvalue weighted by Gasteiger charge is 2.45. The second-order valence-corrected chi connectivity index (χ2v) is 6.01. The van der Waals surface area contributed by atoms with Gasteiger partial charge in [-0.1, -0.05) is 0 Å². The molecule has 0 aliphatic carbocycles. The zero-order chi connectivity index (χ0) is 17.6. The van der Waals surface area contributed by atoms with Gasteiger partial charge in [0, 0.05) is 13.1 Å². The largest absolute Gasteiger partial charge is 0.394 e. The molecular formula is C14H19N5O6. The van der Waals surface area contributed by atoms with E-state index in [4.69, 9.17) is 9.47 Å². The van der Waals surface area contributed by atoms with Crippen molar-refractivity contribution in [3.63, 3.8) is 0 Å². The van der Waals surface area contributed by atoms with Crippen LogP contribution >= 0.6 is 0 Å². The molecule has 4 atom stereocenters. The Morgan fingerprint density at radius 3 is 2.72 bits per heavy atom. The Hall–Kier alpha value is -2.05. The van der Waals surface area contributed by atoms with Crippen LogP contribution in [0.3, 0.4) is 0 Å². The molecule has 0 unspecified atom stereocenters. The molecule has 25 heavy (non-hydrogen) atoms. The maximum atomic E-state index is 12.1. The SMILES string of the molecule is O=c1[nH]cnc2c1nc(N1CCOCC1)n2[C@H]1O[C@@H](CO)[C@H](O)[C@H]1O. The van der Waals surface area contributed by atoms with Gasteiger partial charge in [0.15, 0.2) is 17.4 Å². The van der Waals surface area contributed by atoms with E-state index in [-0.39, 0.29) is 11.2 Å². The number of morpholine rings is 1. The van der Waals surface area contributed by atoms with Gasteiger partial charge in [-0.15, -0.1) is 0 Å². The number of hydrogen-bond acceptors (Lipinski definition) is 9. The molecule has 2 aliphatic heterocycles. The molecule has 0 spiro atoms. The Bertz CT molecular complexity index is 816. The van der Waals surface area contributed by atoms with Gasteiger partial charge in [-0.25, -0.2) is 9.97 Å². The van der Waals surface area contributed by atoms with E-state index in [1.165, 1.54) is 10.9 Å². The molecule has 4 heterocycles. The Balaban J connectivity index is 1.86. The molecule has 2 aromatic heterocycles. The molecule has 0 amide bonds. The third-order valence-corrected chi connectivity index (χ3v) is 4.53. The first-order valence-electron chi connectivity index (χ1n) is 8.02. The molecule has 2 saturated heterocycles. The average molecular weight is 353 g/mol. The van der Waals surface area contributed by atoms with Gasteiger partial charge in [-0.05, 0) is 0 Å². The maximum Gasteiger partial charge on any atom is 0.278 e. The van der Waals surface area contributed by atoms with E-state index < -0.39 is 36.7 Å². The molecule has 2 aromatic rings. The molecule has 0 saturated carbocycles. The highest BCUT2D eigenvalue weighted by Crippen LogP contribution is 2.34. The lowest BCUT2D eigenvalue weighted by atomic mass is 10.1. The van der Waals surface area contributed by atoms with E-state index in [0.29, 0.717) is 32.3 Å². The summed E-state index contributed by atoms with van der Waals surface area (Å²) in [5.41, 5.74) is -0.0631. The first-order valence-corrected chi connectivity index (χ1v) is 8.02. The number of aromatic nitrogens is 4. The maximum absolute atomic E-state index is 12.1. The van der Waals surface area contributed by atoms with Crippen LogP contribution in [0.15, 0.2) is 11.1 Å². The number of anilines is 1. The molecule has 0 aromatic carbocycles. The molecule has 2 aliphatic rings. The number of nitrogens with zero attached hydrogens (tertiary/aromatic N) is 4. The van der Waals surface area contributed by atoms with Crippen LogP contribution in [0.4, 0.5) is 5.95 Å². The normalized spacial score (nSPS) is 30.3. The van der Waals surface area contributed by atoms with Crippen LogP contribution < -0.4 is 10.5 Å². The number of aromatic amines is 1. The van der Waals surface area contributed by atoms with Gasteiger partial charge in [0.25, 0.3) is 5.56 Å². The average Bonchev–Trinajstić information content (AvgIpc) is 3.15. The summed E-state index contributed by atoms with van der Waals surface area (Å²) >= 11 is 0. The van der Waals surface area contributed by atoms with E-state index in [1.807, 2.05) is 4.90 Å². The van der Waals surface area contributed by atoms with Crippen molar-refractivity contribution < 1.29 is 24.8 Å². The molecule has 11 nitrogen and oxygen atoms in total. The highest BCUT2D eigenvalue weighted by atomic mass is 16.6. The summed E-state index contributed by atoms with van der Waals surface area (Å²) in [6.07, 6.45) is -3.27. The molecule has 2 fully saturated rings. The zero-order valence-electron chi connectivity index (χ0n) is 13.3. The van der Waals surface area contributed by atoms with Crippen LogP contribution in [-0.4, -0.2) is 86.1 Å². The fraction of sp³-hybridized carbons (Fsp3) is 0.643. The van der Waals surface area contributed by atoms with Gasteiger partial charge in [-0.3, -0.25) is 9.36 Å². The fourth-order valence-electron chi connectivity index (χ4n) is 3.22. The van der Waals surface area contributed by atoms with Gasteiger partial charge in [0.1, 0.15) is 18.3 Å². The standard InChI is InChI=1S/C14H19N5O6/c20-5-7-9(21)10(22)13(25-7)19-11-8(12(23)16-6-15-11)17-14(19)18-1-3-24-4-2-18/h6-7,9-10,13,20-22H,1-5H2,(H,15,16,23)/t7-,9-,10+,13-/m0/s1. The predicted octanol–water partition coefficient (Wildman–Crippen LogP) is -2.43. The topological polar surface area (TPSA) is 146 Å². The second kappa shape index (κ2) is 6.35. The number of rotatable bonds is 3. The Morgan fingerprint density at radius 2 is 2.04 bits per heavy atom. The molecule has 4 N–H and O–H groups in total. The van der Waals surface area contributed by atoms with Crippen molar-refractivity contribution in [1.82, 2.24) is 19.5 Å². The van der Waals surface area contributed by atoms with E-state index >= 15 is 0 Å². The lowest BCUT2D eigenvalue weighted by molar-refractivity contribution is -0.0506. The van der Waals surface area contributed by atoms with Crippen LogP contribution in [-0.2, 0) is 9.47 Å². The molecule has 0 bridgehead atoms. The van der Waals surface area contributed by atoms with E-state index in [0.717, 1.165) is 0 Å². The van der Waals surface area contributed by atoms with Crippen molar-refractivity contribution >= 4 is 17.1 Å². The number of aliphatic hydroxyl groups is 3. The van der Waals surface area contributed by atoms with E-state index in [9.17, 15) is 20.1 Å². The molecule has 136 valence electrons. The number of H-pyrrole nitrogens is 1. The van der Waals surface area contributed by atoms with Crippen molar-refractivity contribution in [1.29, 1.82) is 0 Å². The summed E-state index contributed by atoms with van der Waals surface area (Å²) in [5.74, 6) is 0.400. The van der Waals surface area contributed by atoms with Gasteiger partial charge in [0.2, 0.25) is 5.95 Å². The van der Waals surface area contributed by atoms with Gasteiger partial charge >= 0.3 is 0 Å². The number of nitrogens with one attached hydrogen (secondary N) is 1. The monoisotopic (exact) mass is 353 g/mol. The summed E-state index contributed by atoms with van der Waals surface area (Å²) in [6, 6.07) is 0. The van der Waals surface area contributed by atoms with Crippen LogP contribution in [0.25, 0.3) is 11.2 Å². The van der Waals surface area contributed by atoms with E-state index in [1.54, 1.807) is 0 Å². The summed E-state index contributed by atoms with van der Waals surface area (Å²) < 4.78 is 12.5. The van der Waals surface area contributed by atoms with E-state index in [2.05, 4.69) is 15.0 Å².